The molecule has 0 saturated heterocycles. The van der Waals surface area contributed by atoms with Crippen LogP contribution >= 0.6 is 0 Å². The van der Waals surface area contributed by atoms with Crippen molar-refractivity contribution in [3.63, 3.8) is 0 Å². The second kappa shape index (κ2) is 9.47. The van der Waals surface area contributed by atoms with Crippen LogP contribution in [0.25, 0.3) is 11.1 Å². The fraction of sp³-hybridized carbons (Fsp3) is 0.231. The number of para-hydroxylation sites is 2. The van der Waals surface area contributed by atoms with E-state index in [1.165, 1.54) is 0 Å². The number of carbonyl (C=O) groups is 1. The molecule has 5 nitrogen and oxygen atoms in total. The lowest BCUT2D eigenvalue weighted by Gasteiger charge is -2.26. The number of hydrogen-bond donors (Lipinski definition) is 1. The second-order valence-electron chi connectivity index (χ2n) is 7.75. The molecule has 3 aromatic carbocycles. The highest BCUT2D eigenvalue weighted by Gasteiger charge is 2.22. The Kier molecular flexibility index (Phi) is 6.32. The predicted molar refractivity (Wildman–Crippen MR) is 122 cm³/mol. The lowest BCUT2D eigenvalue weighted by molar-refractivity contribution is -0.121. The fourth-order valence-electron chi connectivity index (χ4n) is 4.12. The van der Waals surface area contributed by atoms with Gasteiger partial charge in [0, 0.05) is 24.9 Å². The Balaban J connectivity index is 1.41. The van der Waals surface area contributed by atoms with Crippen LogP contribution in [0.1, 0.15) is 36.8 Å². The maximum absolute atomic E-state index is 12.7. The average Bonchev–Trinajstić information content (AvgIpc) is 3.10. The van der Waals surface area contributed by atoms with Crippen molar-refractivity contribution in [2.24, 2.45) is 0 Å². The Labute approximate surface area is 181 Å². The summed E-state index contributed by atoms with van der Waals surface area (Å²) in [7, 11) is 0. The Morgan fingerprint density at radius 1 is 0.903 bits per heavy atom. The molecular weight excluding hydrogens is 388 g/mol. The first kappa shape index (κ1) is 20.7. The lowest BCUT2D eigenvalue weighted by Crippen LogP contribution is -2.37. The Hall–Kier alpha value is -3.60. The van der Waals surface area contributed by atoms with Gasteiger partial charge in [-0.25, -0.2) is 4.79 Å². The van der Waals surface area contributed by atoms with Crippen molar-refractivity contribution in [3.8, 4) is 0 Å². The fourth-order valence-corrected chi connectivity index (χ4v) is 4.12. The smallest absolute Gasteiger partial charge is 0.408 e. The molecule has 0 aliphatic carbocycles. The van der Waals surface area contributed by atoms with Gasteiger partial charge in [0.1, 0.15) is 0 Å². The van der Waals surface area contributed by atoms with Crippen molar-refractivity contribution in [1.82, 2.24) is 9.88 Å². The van der Waals surface area contributed by atoms with Crippen LogP contribution in [-0.2, 0) is 11.3 Å². The summed E-state index contributed by atoms with van der Waals surface area (Å²) >= 11 is 0. The lowest BCUT2D eigenvalue weighted by atomic mass is 9.86. The molecule has 0 aliphatic heterocycles. The van der Waals surface area contributed by atoms with Gasteiger partial charge < -0.3 is 9.73 Å². The van der Waals surface area contributed by atoms with Gasteiger partial charge in [0.2, 0.25) is 5.91 Å². The van der Waals surface area contributed by atoms with Crippen molar-refractivity contribution in [2.75, 3.05) is 0 Å². The van der Waals surface area contributed by atoms with E-state index >= 15 is 0 Å². The number of carbonyl (C=O) groups excluding carboxylic acids is 1. The Morgan fingerprint density at radius 3 is 2.13 bits per heavy atom. The highest BCUT2D eigenvalue weighted by molar-refractivity contribution is 5.76. The Morgan fingerprint density at radius 2 is 1.48 bits per heavy atom. The molecule has 1 atom stereocenters. The van der Waals surface area contributed by atoms with Gasteiger partial charge in [0.15, 0.2) is 5.58 Å². The summed E-state index contributed by atoms with van der Waals surface area (Å²) in [6.07, 6.45) is 0.899. The molecule has 0 aliphatic rings. The monoisotopic (exact) mass is 414 g/mol. The van der Waals surface area contributed by atoms with Crippen LogP contribution < -0.4 is 11.1 Å². The third-order valence-corrected chi connectivity index (χ3v) is 5.57. The maximum Gasteiger partial charge on any atom is 0.419 e. The number of nitrogens with zero attached hydrogens (tertiary/aromatic N) is 1. The molecule has 1 unspecified atom stereocenters. The van der Waals surface area contributed by atoms with Gasteiger partial charge in [-0.15, -0.1) is 0 Å². The van der Waals surface area contributed by atoms with Crippen molar-refractivity contribution >= 4 is 17.0 Å². The number of rotatable bonds is 8. The van der Waals surface area contributed by atoms with E-state index in [2.05, 4.69) is 29.6 Å². The maximum atomic E-state index is 12.7. The van der Waals surface area contributed by atoms with Crippen molar-refractivity contribution in [1.29, 1.82) is 0 Å². The van der Waals surface area contributed by atoms with Crippen molar-refractivity contribution in [3.05, 3.63) is 107 Å². The number of aromatic nitrogens is 1. The molecule has 4 rings (SSSR count). The number of amides is 1. The molecule has 158 valence electrons. The first-order valence-electron chi connectivity index (χ1n) is 10.6. The SMILES string of the molecule is CC(NC(=O)CCCn1c(=O)oc2ccccc21)C(c1ccccc1)c1ccccc1. The van der Waals surface area contributed by atoms with Gasteiger partial charge in [-0.05, 0) is 36.6 Å². The summed E-state index contributed by atoms with van der Waals surface area (Å²) in [5.74, 6) is -0.347. The predicted octanol–water partition coefficient (Wildman–Crippen LogP) is 4.71. The van der Waals surface area contributed by atoms with Crippen LogP contribution in [0, 0.1) is 0 Å². The second-order valence-corrected chi connectivity index (χ2v) is 7.75. The number of fused-ring (bicyclic) bond motifs is 1. The quantitative estimate of drug-likeness (QED) is 0.454. The molecule has 0 spiro atoms. The van der Waals surface area contributed by atoms with Gasteiger partial charge in [0.05, 0.1) is 5.52 Å². The summed E-state index contributed by atoms with van der Waals surface area (Å²) in [5, 5.41) is 3.16. The molecule has 31 heavy (non-hydrogen) atoms. The van der Waals surface area contributed by atoms with E-state index in [1.807, 2.05) is 61.5 Å². The minimum atomic E-state index is -0.386. The summed E-state index contributed by atoms with van der Waals surface area (Å²) in [6, 6.07) is 27.7. The minimum absolute atomic E-state index is 0.0230. The van der Waals surface area contributed by atoms with Crippen LogP contribution in [0.15, 0.2) is 94.1 Å². The molecule has 0 bridgehead atoms. The molecule has 0 radical (unpaired) electrons. The van der Waals surface area contributed by atoms with Crippen LogP contribution in [-0.4, -0.2) is 16.5 Å². The molecule has 5 heteroatoms. The zero-order chi connectivity index (χ0) is 21.6. The standard InChI is InChI=1S/C26H26N2O3/c1-19(25(20-11-4-2-5-12-20)21-13-6-3-7-14-21)27-24(29)17-10-18-28-22-15-8-9-16-23(22)31-26(28)30/h2-9,11-16,19,25H,10,17-18H2,1H3,(H,27,29). The van der Waals surface area contributed by atoms with Crippen LogP contribution in [0.5, 0.6) is 0 Å². The van der Waals surface area contributed by atoms with E-state index in [-0.39, 0.29) is 23.6 Å². The van der Waals surface area contributed by atoms with Gasteiger partial charge in [-0.1, -0.05) is 72.8 Å². The van der Waals surface area contributed by atoms with Crippen molar-refractivity contribution in [2.45, 2.75) is 38.3 Å². The molecule has 4 aromatic rings. The number of benzene rings is 3. The van der Waals surface area contributed by atoms with E-state index in [1.54, 1.807) is 10.6 Å². The van der Waals surface area contributed by atoms with Gasteiger partial charge in [-0.2, -0.15) is 0 Å². The van der Waals surface area contributed by atoms with E-state index in [9.17, 15) is 9.59 Å². The number of hydrogen-bond acceptors (Lipinski definition) is 3. The zero-order valence-corrected chi connectivity index (χ0v) is 17.5. The molecular formula is C26H26N2O3. The minimum Gasteiger partial charge on any atom is -0.408 e. The largest absolute Gasteiger partial charge is 0.419 e. The number of oxazole rings is 1. The van der Waals surface area contributed by atoms with Crippen LogP contribution in [0.2, 0.25) is 0 Å². The van der Waals surface area contributed by atoms with E-state index in [4.69, 9.17) is 4.42 Å². The molecule has 0 fully saturated rings. The first-order valence-corrected chi connectivity index (χ1v) is 10.6. The molecule has 1 N–H and O–H groups in total. The highest BCUT2D eigenvalue weighted by atomic mass is 16.4. The summed E-state index contributed by atoms with van der Waals surface area (Å²) in [4.78, 5) is 24.8. The van der Waals surface area contributed by atoms with E-state index in [0.717, 1.165) is 16.6 Å². The van der Waals surface area contributed by atoms with Crippen LogP contribution in [0.4, 0.5) is 0 Å². The van der Waals surface area contributed by atoms with Gasteiger partial charge in [-0.3, -0.25) is 9.36 Å². The summed E-state index contributed by atoms with van der Waals surface area (Å²) in [5.41, 5.74) is 3.66. The van der Waals surface area contributed by atoms with Gasteiger partial charge in [0.25, 0.3) is 0 Å². The first-order chi connectivity index (χ1) is 15.1. The highest BCUT2D eigenvalue weighted by Crippen LogP contribution is 2.28. The van der Waals surface area contributed by atoms with E-state index < -0.39 is 0 Å². The molecule has 0 saturated carbocycles. The third-order valence-electron chi connectivity index (χ3n) is 5.57. The van der Waals surface area contributed by atoms with Crippen molar-refractivity contribution < 1.29 is 9.21 Å². The summed E-state index contributed by atoms with van der Waals surface area (Å²) < 4.78 is 6.84. The van der Waals surface area contributed by atoms with E-state index in [0.29, 0.717) is 25.0 Å². The summed E-state index contributed by atoms with van der Waals surface area (Å²) in [6.45, 7) is 2.48. The number of nitrogens with one attached hydrogen (secondary N) is 1. The number of aryl methyl sites for hydroxylation is 1. The normalized spacial score (nSPS) is 12.2. The molecule has 1 aromatic heterocycles. The van der Waals surface area contributed by atoms with Crippen LogP contribution in [0.3, 0.4) is 0 Å². The molecule has 1 heterocycles. The average molecular weight is 415 g/mol. The Bertz CT molecular complexity index is 1160. The topological polar surface area (TPSA) is 64.2 Å². The van der Waals surface area contributed by atoms with Gasteiger partial charge >= 0.3 is 5.76 Å². The molecule has 1 amide bonds. The third kappa shape index (κ3) is 4.77. The zero-order valence-electron chi connectivity index (χ0n) is 17.5.